The Morgan fingerprint density at radius 3 is 2.00 bits per heavy atom. The van der Waals surface area contributed by atoms with Crippen molar-refractivity contribution in [3.05, 3.63) is 0 Å². The molecule has 12 nitrogen and oxygen atoms in total. The fourth-order valence-electron chi connectivity index (χ4n) is 1.52. The molecule has 0 aliphatic rings. The normalized spacial score (nSPS) is 13.9. The van der Waals surface area contributed by atoms with Gasteiger partial charge in [0.1, 0.15) is 18.6 Å². The summed E-state index contributed by atoms with van der Waals surface area (Å²) in [6.07, 6.45) is -0.578. The molecule has 0 heterocycles. The van der Waals surface area contributed by atoms with Crippen LogP contribution in [-0.2, 0) is 24.0 Å². The lowest BCUT2D eigenvalue weighted by atomic mass is 10.1. The molecule has 0 aromatic rings. The van der Waals surface area contributed by atoms with E-state index in [1.807, 2.05) is 5.32 Å². The zero-order valence-corrected chi connectivity index (χ0v) is 14.0. The third-order valence-electron chi connectivity index (χ3n) is 2.80. The number of hydrogen-bond acceptors (Lipinski definition) is 8. The van der Waals surface area contributed by atoms with Gasteiger partial charge in [-0.15, -0.1) is 0 Å². The second-order valence-corrected chi connectivity index (χ2v) is 5.24. The van der Waals surface area contributed by atoms with E-state index in [0.29, 0.717) is 0 Å². The van der Waals surface area contributed by atoms with E-state index in [1.54, 1.807) is 0 Å². The monoisotopic (exact) mass is 379 g/mol. The number of thiol groups is 1. The van der Waals surface area contributed by atoms with Gasteiger partial charge in [0.25, 0.3) is 0 Å². The molecule has 13 heteroatoms. The molecule has 25 heavy (non-hydrogen) atoms. The second kappa shape index (κ2) is 11.2. The summed E-state index contributed by atoms with van der Waals surface area (Å²) >= 11 is 3.82. The summed E-state index contributed by atoms with van der Waals surface area (Å²) in [6.45, 7) is -1.56. The van der Waals surface area contributed by atoms with Crippen LogP contribution >= 0.6 is 12.6 Å². The van der Waals surface area contributed by atoms with Gasteiger partial charge in [-0.1, -0.05) is 0 Å². The van der Waals surface area contributed by atoms with Gasteiger partial charge in [0.15, 0.2) is 0 Å². The molecule has 0 saturated carbocycles. The van der Waals surface area contributed by atoms with Gasteiger partial charge >= 0.3 is 5.97 Å². The number of carbonyl (C=O) groups excluding carboxylic acids is 4. The number of carboxylic acids is 1. The van der Waals surface area contributed by atoms with Crippen molar-refractivity contribution in [1.82, 2.24) is 16.0 Å². The third-order valence-corrected chi connectivity index (χ3v) is 3.19. The molecule has 0 saturated heterocycles. The van der Waals surface area contributed by atoms with Crippen molar-refractivity contribution < 1.29 is 34.2 Å². The molecular formula is C12H21N5O7S. The highest BCUT2D eigenvalue weighted by Gasteiger charge is 2.28. The van der Waals surface area contributed by atoms with Gasteiger partial charge in [0.05, 0.1) is 19.1 Å². The maximum absolute atomic E-state index is 12.1. The topological polar surface area (TPSA) is 214 Å². The van der Waals surface area contributed by atoms with Crippen LogP contribution in [0.3, 0.4) is 0 Å². The lowest BCUT2D eigenvalue weighted by molar-refractivity contribution is -0.139. The van der Waals surface area contributed by atoms with E-state index in [9.17, 15) is 24.0 Å². The smallest absolute Gasteiger partial charge is 0.322 e. The summed E-state index contributed by atoms with van der Waals surface area (Å²) in [5, 5.41) is 23.9. The highest BCUT2D eigenvalue weighted by Crippen LogP contribution is 1.96. The average molecular weight is 379 g/mol. The summed E-state index contributed by atoms with van der Waals surface area (Å²) in [5.41, 5.74) is 10.5. The number of aliphatic hydroxyl groups excluding tert-OH is 1. The van der Waals surface area contributed by atoms with Crippen molar-refractivity contribution in [1.29, 1.82) is 0 Å². The van der Waals surface area contributed by atoms with Crippen LogP contribution in [0.15, 0.2) is 0 Å². The number of nitrogens with two attached hydrogens (primary N) is 2. The van der Waals surface area contributed by atoms with E-state index in [-0.39, 0.29) is 5.75 Å². The summed E-state index contributed by atoms with van der Waals surface area (Å²) in [7, 11) is 0. The Bertz CT molecular complexity index is 530. The van der Waals surface area contributed by atoms with Crippen LogP contribution in [0.5, 0.6) is 0 Å². The van der Waals surface area contributed by atoms with Gasteiger partial charge < -0.3 is 37.6 Å². The number of primary amides is 1. The molecule has 0 spiro atoms. The lowest BCUT2D eigenvalue weighted by Crippen LogP contribution is -2.57. The summed E-state index contributed by atoms with van der Waals surface area (Å²) in [6, 6.07) is -3.96. The van der Waals surface area contributed by atoms with Gasteiger partial charge in [-0.05, 0) is 0 Å². The predicted molar refractivity (Wildman–Crippen MR) is 87.2 cm³/mol. The minimum absolute atomic E-state index is 0.0202. The second-order valence-electron chi connectivity index (χ2n) is 4.88. The van der Waals surface area contributed by atoms with Crippen molar-refractivity contribution in [2.24, 2.45) is 11.5 Å². The van der Waals surface area contributed by atoms with Gasteiger partial charge in [-0.3, -0.25) is 24.0 Å². The molecule has 0 radical (unpaired) electrons. The van der Waals surface area contributed by atoms with Crippen molar-refractivity contribution in [2.75, 3.05) is 18.9 Å². The molecule has 3 atom stereocenters. The maximum atomic E-state index is 12.1. The Kier molecular flexibility index (Phi) is 10.2. The Labute approximate surface area is 148 Å². The van der Waals surface area contributed by atoms with Crippen LogP contribution in [0.1, 0.15) is 6.42 Å². The lowest BCUT2D eigenvalue weighted by Gasteiger charge is -2.22. The van der Waals surface area contributed by atoms with Crippen LogP contribution < -0.4 is 27.4 Å². The molecule has 3 unspecified atom stereocenters. The summed E-state index contributed by atoms with van der Waals surface area (Å²) in [4.78, 5) is 57.0. The largest absolute Gasteiger partial charge is 0.480 e. The molecule has 142 valence electrons. The van der Waals surface area contributed by atoms with Crippen LogP contribution in [0.2, 0.25) is 0 Å². The van der Waals surface area contributed by atoms with Crippen molar-refractivity contribution >= 4 is 42.2 Å². The maximum Gasteiger partial charge on any atom is 0.322 e. The number of rotatable bonds is 11. The predicted octanol–water partition coefficient (Wildman–Crippen LogP) is -4.72. The van der Waals surface area contributed by atoms with Gasteiger partial charge in [0, 0.05) is 5.75 Å². The molecule has 0 rings (SSSR count). The van der Waals surface area contributed by atoms with Crippen molar-refractivity contribution in [3.8, 4) is 0 Å². The van der Waals surface area contributed by atoms with Crippen LogP contribution in [0, 0.1) is 0 Å². The number of amides is 4. The van der Waals surface area contributed by atoms with Crippen LogP contribution in [0.4, 0.5) is 0 Å². The number of hydrogen-bond donors (Lipinski definition) is 8. The fourth-order valence-corrected chi connectivity index (χ4v) is 1.69. The first-order chi connectivity index (χ1) is 11.6. The minimum Gasteiger partial charge on any atom is -0.480 e. The van der Waals surface area contributed by atoms with Crippen LogP contribution in [0.25, 0.3) is 0 Å². The fraction of sp³-hybridized carbons (Fsp3) is 0.583. The molecule has 0 aliphatic carbocycles. The first kappa shape index (κ1) is 22.6. The minimum atomic E-state index is -1.49. The summed E-state index contributed by atoms with van der Waals surface area (Å²) < 4.78 is 0. The zero-order valence-electron chi connectivity index (χ0n) is 13.1. The Morgan fingerprint density at radius 2 is 1.56 bits per heavy atom. The quantitative estimate of drug-likeness (QED) is 0.163. The number of carbonyl (C=O) groups is 5. The Balaban J connectivity index is 4.97. The molecule has 0 aromatic carbocycles. The highest BCUT2D eigenvalue weighted by molar-refractivity contribution is 7.80. The number of nitrogens with one attached hydrogen (secondary N) is 3. The molecule has 0 bridgehead atoms. The van der Waals surface area contributed by atoms with Gasteiger partial charge in [0.2, 0.25) is 23.6 Å². The van der Waals surface area contributed by atoms with Crippen LogP contribution in [-0.4, -0.2) is 76.8 Å². The molecule has 4 amide bonds. The first-order valence-corrected chi connectivity index (χ1v) is 7.61. The van der Waals surface area contributed by atoms with E-state index in [4.69, 9.17) is 21.7 Å². The molecule has 0 fully saturated rings. The third kappa shape index (κ3) is 8.88. The average Bonchev–Trinajstić information content (AvgIpc) is 2.55. The number of aliphatic hydroxyl groups is 1. The Morgan fingerprint density at radius 1 is 1.00 bits per heavy atom. The van der Waals surface area contributed by atoms with Gasteiger partial charge in [-0.25, -0.2) is 0 Å². The number of carboxylic acid groups (broad SMARTS) is 1. The van der Waals surface area contributed by atoms with E-state index in [0.717, 1.165) is 0 Å². The molecule has 0 aliphatic heterocycles. The standard InChI is InChI=1S/C12H21N5O7S/c13-5(4-25)10(22)16-6(1-8(14)19)12(24)17-7(3-18)11(23)15-2-9(20)21/h5-7,18,25H,1-4,13H2,(H2,14,19)(H,15,23)(H,16,22)(H,17,24)(H,20,21). The van der Waals surface area contributed by atoms with E-state index >= 15 is 0 Å². The zero-order chi connectivity index (χ0) is 19.6. The highest BCUT2D eigenvalue weighted by atomic mass is 32.1. The van der Waals surface area contributed by atoms with E-state index in [2.05, 4.69) is 23.3 Å². The molecular weight excluding hydrogens is 358 g/mol. The van der Waals surface area contributed by atoms with Crippen molar-refractivity contribution in [3.63, 3.8) is 0 Å². The number of aliphatic carboxylic acids is 1. The van der Waals surface area contributed by atoms with E-state index in [1.165, 1.54) is 0 Å². The SMILES string of the molecule is NC(=O)CC(NC(=O)C(N)CS)C(=O)NC(CO)C(=O)NCC(=O)O. The molecule has 9 N–H and O–H groups in total. The Hall–Kier alpha value is -2.38. The first-order valence-electron chi connectivity index (χ1n) is 6.98. The summed E-state index contributed by atoms with van der Waals surface area (Å²) in [5.74, 6) is -4.97. The molecule has 0 aromatic heterocycles. The van der Waals surface area contributed by atoms with Gasteiger partial charge in [-0.2, -0.15) is 12.6 Å². The van der Waals surface area contributed by atoms with E-state index < -0.39 is 67.3 Å². The van der Waals surface area contributed by atoms with Crippen molar-refractivity contribution in [2.45, 2.75) is 24.5 Å².